The Bertz CT molecular complexity index is 1240. The Hall–Kier alpha value is -2.25. The number of hydrogen-bond acceptors (Lipinski definition) is 7. The van der Waals surface area contributed by atoms with Gasteiger partial charge in [0.25, 0.3) is 0 Å². The molecule has 3 aromatic rings. The lowest BCUT2D eigenvalue weighted by molar-refractivity contribution is -0.137. The number of nitrogens with zero attached hydrogens (tertiary/aromatic N) is 4. The van der Waals surface area contributed by atoms with Crippen molar-refractivity contribution in [3.05, 3.63) is 70.5 Å². The number of rotatable bonds is 8. The van der Waals surface area contributed by atoms with Gasteiger partial charge in [0, 0.05) is 62.2 Å². The number of nitrogens with one attached hydrogen (secondary N) is 1. The van der Waals surface area contributed by atoms with Gasteiger partial charge in [0.15, 0.2) is 0 Å². The standard InChI is InChI=1S/C22H23ClF3N5O2S2/c23-18-6-4-16(5-7-18)14-20-28-21(34-29-20)31-12-10-30(11-13-31)9-8-27-35(32,33)19-3-1-2-17(15-19)22(24,25)26/h1-7,15,27H,8-14H2. The van der Waals surface area contributed by atoms with Crippen LogP contribution in [0.5, 0.6) is 0 Å². The number of halogens is 4. The molecule has 188 valence electrons. The molecule has 1 aliphatic heterocycles. The van der Waals surface area contributed by atoms with Crippen LogP contribution >= 0.6 is 23.1 Å². The summed E-state index contributed by atoms with van der Waals surface area (Å²) in [5, 5.41) is 1.53. The topological polar surface area (TPSA) is 78.4 Å². The van der Waals surface area contributed by atoms with Crippen molar-refractivity contribution in [2.75, 3.05) is 44.2 Å². The van der Waals surface area contributed by atoms with E-state index in [1.54, 1.807) is 0 Å². The van der Waals surface area contributed by atoms with Crippen molar-refractivity contribution in [1.82, 2.24) is 19.0 Å². The summed E-state index contributed by atoms with van der Waals surface area (Å²) in [5.41, 5.74) is 0.0839. The van der Waals surface area contributed by atoms with Crippen molar-refractivity contribution in [1.29, 1.82) is 0 Å². The maximum atomic E-state index is 12.9. The van der Waals surface area contributed by atoms with E-state index in [0.29, 0.717) is 37.1 Å². The average Bonchev–Trinajstić information content (AvgIpc) is 3.29. The molecular formula is C22H23ClF3N5O2S2. The lowest BCUT2D eigenvalue weighted by atomic mass is 10.1. The molecular weight excluding hydrogens is 523 g/mol. The van der Waals surface area contributed by atoms with Crippen LogP contribution in [0.1, 0.15) is 17.0 Å². The molecule has 0 atom stereocenters. The highest BCUT2D eigenvalue weighted by atomic mass is 35.5. The average molecular weight is 546 g/mol. The summed E-state index contributed by atoms with van der Waals surface area (Å²) in [6.45, 7) is 3.40. The van der Waals surface area contributed by atoms with Gasteiger partial charge in [0.05, 0.1) is 10.5 Å². The third-order valence-electron chi connectivity index (χ3n) is 5.57. The molecule has 1 aromatic heterocycles. The smallest absolute Gasteiger partial charge is 0.344 e. The van der Waals surface area contributed by atoms with Gasteiger partial charge in [0.2, 0.25) is 15.2 Å². The van der Waals surface area contributed by atoms with Gasteiger partial charge in [-0.3, -0.25) is 4.90 Å². The number of aromatic nitrogens is 2. The second-order valence-electron chi connectivity index (χ2n) is 8.05. The molecule has 1 fully saturated rings. The van der Waals surface area contributed by atoms with Crippen LogP contribution in [0, 0.1) is 0 Å². The lowest BCUT2D eigenvalue weighted by Crippen LogP contribution is -2.48. The molecule has 1 N–H and O–H groups in total. The number of benzene rings is 2. The summed E-state index contributed by atoms with van der Waals surface area (Å²) in [7, 11) is -4.03. The molecule has 35 heavy (non-hydrogen) atoms. The van der Waals surface area contributed by atoms with Crippen LogP contribution in [0.2, 0.25) is 5.02 Å². The molecule has 13 heteroatoms. The highest BCUT2D eigenvalue weighted by Gasteiger charge is 2.31. The second-order valence-corrected chi connectivity index (χ2v) is 11.0. The minimum atomic E-state index is -4.60. The predicted molar refractivity (Wildman–Crippen MR) is 129 cm³/mol. The molecule has 0 unspecified atom stereocenters. The monoisotopic (exact) mass is 545 g/mol. The Morgan fingerprint density at radius 1 is 1.06 bits per heavy atom. The van der Waals surface area contributed by atoms with Crippen molar-refractivity contribution < 1.29 is 21.6 Å². The maximum Gasteiger partial charge on any atom is 0.416 e. The first-order valence-corrected chi connectivity index (χ1v) is 13.4. The quantitative estimate of drug-likeness (QED) is 0.462. The molecule has 7 nitrogen and oxygen atoms in total. The molecule has 0 radical (unpaired) electrons. The summed E-state index contributed by atoms with van der Waals surface area (Å²) in [6.07, 6.45) is -3.98. The highest BCUT2D eigenvalue weighted by molar-refractivity contribution is 7.89. The predicted octanol–water partition coefficient (Wildman–Crippen LogP) is 3.90. The molecule has 0 spiro atoms. The maximum absolute atomic E-state index is 12.9. The minimum Gasteiger partial charge on any atom is -0.344 e. The van der Waals surface area contributed by atoms with Gasteiger partial charge in [-0.2, -0.15) is 17.5 Å². The molecule has 1 saturated heterocycles. The molecule has 1 aliphatic rings. The zero-order chi connectivity index (χ0) is 25.1. The van der Waals surface area contributed by atoms with Crippen LogP contribution in [0.4, 0.5) is 18.3 Å². The fourth-order valence-electron chi connectivity index (χ4n) is 3.65. The van der Waals surface area contributed by atoms with Gasteiger partial charge < -0.3 is 4.90 Å². The zero-order valence-electron chi connectivity index (χ0n) is 18.5. The van der Waals surface area contributed by atoms with Gasteiger partial charge in [-0.05, 0) is 35.9 Å². The SMILES string of the molecule is O=S(=O)(NCCN1CCN(c2nc(Cc3ccc(Cl)cc3)ns2)CC1)c1cccc(C(F)(F)F)c1. The first-order chi connectivity index (χ1) is 16.6. The lowest BCUT2D eigenvalue weighted by Gasteiger charge is -2.34. The van der Waals surface area contributed by atoms with E-state index in [0.717, 1.165) is 47.8 Å². The Morgan fingerprint density at radius 2 is 1.77 bits per heavy atom. The molecule has 2 heterocycles. The van der Waals surface area contributed by atoms with Crippen molar-refractivity contribution in [2.24, 2.45) is 0 Å². The zero-order valence-corrected chi connectivity index (χ0v) is 20.9. The van der Waals surface area contributed by atoms with Gasteiger partial charge >= 0.3 is 6.18 Å². The van der Waals surface area contributed by atoms with Crippen LogP contribution in [0.3, 0.4) is 0 Å². The van der Waals surface area contributed by atoms with Gasteiger partial charge in [-0.25, -0.2) is 18.1 Å². The Kier molecular flexibility index (Phi) is 7.96. The van der Waals surface area contributed by atoms with E-state index in [1.165, 1.54) is 11.5 Å². The normalized spacial score (nSPS) is 15.5. The summed E-state index contributed by atoms with van der Waals surface area (Å²) < 4.78 is 70.3. The largest absolute Gasteiger partial charge is 0.416 e. The fraction of sp³-hybridized carbons (Fsp3) is 0.364. The molecule has 0 aliphatic carbocycles. The van der Waals surface area contributed by atoms with Crippen LogP contribution in [-0.4, -0.2) is 61.9 Å². The van der Waals surface area contributed by atoms with Gasteiger partial charge in [-0.1, -0.05) is 29.8 Å². The summed E-state index contributed by atoms with van der Waals surface area (Å²) in [6, 6.07) is 11.3. The number of sulfonamides is 1. The summed E-state index contributed by atoms with van der Waals surface area (Å²) in [5.74, 6) is 0.749. The van der Waals surface area contributed by atoms with E-state index < -0.39 is 26.7 Å². The van der Waals surface area contributed by atoms with E-state index in [2.05, 4.69) is 23.9 Å². The Balaban J connectivity index is 1.24. The second kappa shape index (κ2) is 10.8. The van der Waals surface area contributed by atoms with E-state index in [1.807, 2.05) is 24.3 Å². The van der Waals surface area contributed by atoms with Crippen molar-refractivity contribution in [3.8, 4) is 0 Å². The third kappa shape index (κ3) is 6.91. The van der Waals surface area contributed by atoms with Crippen molar-refractivity contribution in [3.63, 3.8) is 0 Å². The Morgan fingerprint density at radius 3 is 2.46 bits per heavy atom. The van der Waals surface area contributed by atoms with Crippen LogP contribution in [0.25, 0.3) is 0 Å². The number of alkyl halides is 3. The van der Waals surface area contributed by atoms with Gasteiger partial charge in [0.1, 0.15) is 5.82 Å². The Labute approximate surface area is 210 Å². The minimum absolute atomic E-state index is 0.0998. The van der Waals surface area contributed by atoms with Crippen LogP contribution < -0.4 is 9.62 Å². The van der Waals surface area contributed by atoms with Crippen molar-refractivity contribution in [2.45, 2.75) is 17.5 Å². The molecule has 0 bridgehead atoms. The van der Waals surface area contributed by atoms with E-state index in [-0.39, 0.29) is 6.54 Å². The molecule has 0 amide bonds. The summed E-state index contributed by atoms with van der Waals surface area (Å²) in [4.78, 5) is 8.48. The van der Waals surface area contributed by atoms with E-state index in [4.69, 9.17) is 11.6 Å². The van der Waals surface area contributed by atoms with E-state index >= 15 is 0 Å². The third-order valence-corrected chi connectivity index (χ3v) is 8.09. The van der Waals surface area contributed by atoms with Crippen LogP contribution in [-0.2, 0) is 22.6 Å². The van der Waals surface area contributed by atoms with E-state index in [9.17, 15) is 21.6 Å². The number of anilines is 1. The fourth-order valence-corrected chi connectivity index (χ4v) is 5.58. The summed E-state index contributed by atoms with van der Waals surface area (Å²) >= 11 is 7.27. The van der Waals surface area contributed by atoms with Gasteiger partial charge in [-0.15, -0.1) is 0 Å². The molecule has 4 rings (SSSR count). The number of piperazine rings is 1. The van der Waals surface area contributed by atoms with Crippen LogP contribution in [0.15, 0.2) is 53.4 Å². The molecule has 0 saturated carbocycles. The number of hydrogen-bond donors (Lipinski definition) is 1. The van der Waals surface area contributed by atoms with Crippen molar-refractivity contribution >= 4 is 38.3 Å². The first kappa shape index (κ1) is 25.8. The molecule has 2 aromatic carbocycles. The first-order valence-electron chi connectivity index (χ1n) is 10.8. The highest BCUT2D eigenvalue weighted by Crippen LogP contribution is 2.30.